The third kappa shape index (κ3) is 3.48. The number of carbonyl (C=O) groups is 1. The molecule has 3 nitrogen and oxygen atoms in total. The van der Waals surface area contributed by atoms with Crippen LogP contribution in [0.15, 0.2) is 66.2 Å². The van der Waals surface area contributed by atoms with Crippen LogP contribution in [0.3, 0.4) is 0 Å². The van der Waals surface area contributed by atoms with Gasteiger partial charge in [-0.25, -0.2) is 4.79 Å². The van der Waals surface area contributed by atoms with Crippen LogP contribution in [-0.2, 0) is 4.79 Å². The molecule has 0 heterocycles. The lowest BCUT2D eigenvalue weighted by atomic mass is 10.0. The van der Waals surface area contributed by atoms with Gasteiger partial charge in [0.25, 0.3) is 0 Å². The fourth-order valence-electron chi connectivity index (χ4n) is 1.91. The number of hydrogen-bond acceptors (Lipinski definition) is 2. The van der Waals surface area contributed by atoms with Crippen LogP contribution < -0.4 is 5.32 Å². The van der Waals surface area contributed by atoms with Crippen molar-refractivity contribution in [1.82, 2.24) is 0 Å². The lowest BCUT2D eigenvalue weighted by Crippen LogP contribution is -2.03. The summed E-state index contributed by atoms with van der Waals surface area (Å²) in [6, 6.07) is 18.1. The van der Waals surface area contributed by atoms with E-state index < -0.39 is 5.97 Å². The van der Waals surface area contributed by atoms with E-state index in [-0.39, 0.29) is 0 Å². The van der Waals surface area contributed by atoms with E-state index >= 15 is 0 Å². The predicted molar refractivity (Wildman–Crippen MR) is 81.8 cm³/mol. The highest BCUT2D eigenvalue weighted by atomic mass is 16.4. The lowest BCUT2D eigenvalue weighted by molar-refractivity contribution is -0.132. The van der Waals surface area contributed by atoms with Crippen LogP contribution in [0.1, 0.15) is 6.92 Å². The summed E-state index contributed by atoms with van der Waals surface area (Å²) < 4.78 is 0. The van der Waals surface area contributed by atoms with Crippen LogP contribution >= 0.6 is 0 Å². The number of para-hydroxylation sites is 1. The molecule has 0 fully saturated rings. The number of rotatable bonds is 5. The molecule has 0 radical (unpaired) electrons. The Bertz CT molecular complexity index is 618. The quantitative estimate of drug-likeness (QED) is 0.810. The van der Waals surface area contributed by atoms with Gasteiger partial charge in [-0.3, -0.25) is 0 Å². The molecule has 0 saturated carbocycles. The third-order valence-corrected chi connectivity index (χ3v) is 3.05. The van der Waals surface area contributed by atoms with E-state index in [1.807, 2.05) is 42.5 Å². The summed E-state index contributed by atoms with van der Waals surface area (Å²) in [5, 5.41) is 12.1. The molecule has 0 spiro atoms. The summed E-state index contributed by atoms with van der Waals surface area (Å²) in [6.45, 7) is 2.08. The zero-order chi connectivity index (χ0) is 14.4. The number of aliphatic carboxylic acids is 1. The molecule has 0 aromatic heterocycles. The second kappa shape index (κ2) is 6.57. The number of carboxylic acid groups (broad SMARTS) is 1. The summed E-state index contributed by atoms with van der Waals surface area (Å²) in [5.41, 5.74) is 3.58. The molecular formula is C17H17NO2. The average Bonchev–Trinajstić information content (AvgIpc) is 2.48. The Morgan fingerprint density at radius 2 is 1.75 bits per heavy atom. The van der Waals surface area contributed by atoms with Gasteiger partial charge in [0.05, 0.1) is 0 Å². The van der Waals surface area contributed by atoms with Gasteiger partial charge in [-0.15, -0.1) is 0 Å². The van der Waals surface area contributed by atoms with Crippen molar-refractivity contribution in [2.45, 2.75) is 6.92 Å². The molecule has 0 aliphatic carbocycles. The Hall–Kier alpha value is -2.55. The van der Waals surface area contributed by atoms with Gasteiger partial charge in [0.2, 0.25) is 0 Å². The normalized spacial score (nSPS) is 11.2. The molecule has 2 rings (SSSR count). The van der Waals surface area contributed by atoms with Crippen molar-refractivity contribution in [2.75, 3.05) is 11.9 Å². The van der Waals surface area contributed by atoms with Gasteiger partial charge in [0, 0.05) is 23.4 Å². The molecule has 2 N–H and O–H groups in total. The van der Waals surface area contributed by atoms with Gasteiger partial charge >= 0.3 is 5.97 Å². The lowest BCUT2D eigenvalue weighted by Gasteiger charge is -2.11. The molecule has 2 aromatic carbocycles. The van der Waals surface area contributed by atoms with Crippen LogP contribution in [0.5, 0.6) is 0 Å². The van der Waals surface area contributed by atoms with E-state index in [1.165, 1.54) is 0 Å². The maximum atomic E-state index is 10.7. The summed E-state index contributed by atoms with van der Waals surface area (Å²) in [5.74, 6) is -0.886. The Morgan fingerprint density at radius 1 is 1.10 bits per heavy atom. The monoisotopic (exact) mass is 267 g/mol. The topological polar surface area (TPSA) is 49.3 Å². The van der Waals surface area contributed by atoms with Gasteiger partial charge in [-0.1, -0.05) is 54.6 Å². The van der Waals surface area contributed by atoms with Crippen molar-refractivity contribution < 1.29 is 9.90 Å². The van der Waals surface area contributed by atoms with Crippen LogP contribution in [0, 0.1) is 0 Å². The second-order valence-electron chi connectivity index (χ2n) is 4.48. The minimum absolute atomic E-state index is 0.342. The molecule has 3 heteroatoms. The molecular weight excluding hydrogens is 250 g/mol. The van der Waals surface area contributed by atoms with Crippen LogP contribution in [0.4, 0.5) is 5.69 Å². The van der Waals surface area contributed by atoms with E-state index in [4.69, 9.17) is 5.11 Å². The van der Waals surface area contributed by atoms with Gasteiger partial charge in [0.15, 0.2) is 0 Å². The molecule has 0 aliphatic rings. The van der Waals surface area contributed by atoms with Gasteiger partial charge in [-0.2, -0.15) is 0 Å². The molecule has 0 amide bonds. The van der Waals surface area contributed by atoms with Gasteiger partial charge in [-0.05, 0) is 18.6 Å². The predicted octanol–water partition coefficient (Wildman–Crippen LogP) is 3.80. The highest BCUT2D eigenvalue weighted by molar-refractivity contribution is 5.86. The number of benzene rings is 2. The summed E-state index contributed by atoms with van der Waals surface area (Å²) >= 11 is 0. The van der Waals surface area contributed by atoms with Crippen molar-refractivity contribution in [3.05, 3.63) is 66.2 Å². The average molecular weight is 267 g/mol. The summed E-state index contributed by atoms with van der Waals surface area (Å²) in [4.78, 5) is 10.7. The van der Waals surface area contributed by atoms with Crippen molar-refractivity contribution in [1.29, 1.82) is 0 Å². The Balaban J connectivity index is 2.17. The molecule has 102 valence electrons. The summed E-state index contributed by atoms with van der Waals surface area (Å²) in [7, 11) is 0. The third-order valence-electron chi connectivity index (χ3n) is 3.05. The van der Waals surface area contributed by atoms with Gasteiger partial charge < -0.3 is 10.4 Å². The van der Waals surface area contributed by atoms with Crippen LogP contribution in [0.2, 0.25) is 0 Å². The van der Waals surface area contributed by atoms with E-state index in [0.717, 1.165) is 16.8 Å². The first-order valence-electron chi connectivity index (χ1n) is 6.47. The van der Waals surface area contributed by atoms with E-state index in [0.29, 0.717) is 12.1 Å². The molecule has 0 unspecified atom stereocenters. The van der Waals surface area contributed by atoms with Gasteiger partial charge in [0.1, 0.15) is 0 Å². The number of nitrogens with one attached hydrogen (secondary N) is 1. The summed E-state index contributed by atoms with van der Waals surface area (Å²) in [6.07, 6.45) is 1.67. The molecule has 20 heavy (non-hydrogen) atoms. The maximum Gasteiger partial charge on any atom is 0.331 e. The number of anilines is 1. The Morgan fingerprint density at radius 3 is 2.45 bits per heavy atom. The van der Waals surface area contributed by atoms with Crippen molar-refractivity contribution in [2.24, 2.45) is 0 Å². The standard InChI is InChI=1S/C17H17NO2/c1-13(17(19)20)11-12-18-16-10-6-5-9-15(16)14-7-3-2-4-8-14/h2-11,18H,12H2,1H3,(H,19,20)/b13-11-. The minimum Gasteiger partial charge on any atom is -0.478 e. The smallest absolute Gasteiger partial charge is 0.331 e. The Kier molecular flexibility index (Phi) is 4.56. The zero-order valence-electron chi connectivity index (χ0n) is 11.3. The molecule has 2 aromatic rings. The zero-order valence-corrected chi connectivity index (χ0v) is 11.3. The largest absolute Gasteiger partial charge is 0.478 e. The fourth-order valence-corrected chi connectivity index (χ4v) is 1.91. The maximum absolute atomic E-state index is 10.7. The van der Waals surface area contributed by atoms with Crippen LogP contribution in [-0.4, -0.2) is 17.6 Å². The van der Waals surface area contributed by atoms with Crippen LogP contribution in [0.25, 0.3) is 11.1 Å². The fraction of sp³-hybridized carbons (Fsp3) is 0.118. The van der Waals surface area contributed by atoms with E-state index in [1.54, 1.807) is 13.0 Å². The minimum atomic E-state index is -0.886. The molecule has 0 bridgehead atoms. The first-order chi connectivity index (χ1) is 9.68. The van der Waals surface area contributed by atoms with Crippen molar-refractivity contribution in [3.8, 4) is 11.1 Å². The molecule has 0 saturated heterocycles. The number of hydrogen-bond donors (Lipinski definition) is 2. The SMILES string of the molecule is C/C(=C/CNc1ccccc1-c1ccccc1)C(=O)O. The number of carboxylic acids is 1. The first kappa shape index (κ1) is 13.9. The molecule has 0 atom stereocenters. The van der Waals surface area contributed by atoms with Crippen molar-refractivity contribution in [3.63, 3.8) is 0 Å². The Labute approximate surface area is 118 Å². The highest BCUT2D eigenvalue weighted by Crippen LogP contribution is 2.27. The highest BCUT2D eigenvalue weighted by Gasteiger charge is 2.03. The van der Waals surface area contributed by atoms with Crippen molar-refractivity contribution >= 4 is 11.7 Å². The first-order valence-corrected chi connectivity index (χ1v) is 6.47. The van der Waals surface area contributed by atoms with E-state index in [9.17, 15) is 4.79 Å². The second-order valence-corrected chi connectivity index (χ2v) is 4.48. The molecule has 0 aliphatic heterocycles. The van der Waals surface area contributed by atoms with E-state index in [2.05, 4.69) is 17.4 Å².